The molecule has 0 saturated heterocycles. The molecule has 0 aliphatic carbocycles. The summed E-state index contributed by atoms with van der Waals surface area (Å²) >= 11 is -0.348. The average molecular weight is 737 g/mol. The molecule has 7 aromatic carbocycles. The first kappa shape index (κ1) is 27.8. The van der Waals surface area contributed by atoms with E-state index < -0.39 is 0 Å². The summed E-state index contributed by atoms with van der Waals surface area (Å²) in [7, 11) is 0. The van der Waals surface area contributed by atoms with E-state index in [1.165, 1.54) is 77.0 Å². The fraction of sp³-hybridized carbons (Fsp3) is 0.0667. The summed E-state index contributed by atoms with van der Waals surface area (Å²) in [4.78, 5) is 0. The summed E-state index contributed by atoms with van der Waals surface area (Å²) < 4.78 is 8.10. The quantitative estimate of drug-likeness (QED) is 0.165. The second-order valence-corrected chi connectivity index (χ2v) is 16.9. The Bertz CT molecular complexity index is 2840. The first-order valence-corrected chi connectivity index (χ1v) is 19.3. The van der Waals surface area contributed by atoms with Crippen molar-refractivity contribution in [3.63, 3.8) is 0 Å². The van der Waals surface area contributed by atoms with Crippen molar-refractivity contribution in [3.8, 4) is 11.4 Å². The van der Waals surface area contributed by atoms with Gasteiger partial charge in [-0.2, -0.15) is 0 Å². The van der Waals surface area contributed by atoms with Gasteiger partial charge in [0, 0.05) is 0 Å². The number of rotatable bonds is 2. The Morgan fingerprint density at radius 2 is 1.04 bits per heavy atom. The summed E-state index contributed by atoms with van der Waals surface area (Å²) in [5, 5.41) is 5.24. The standard InChI is InChI=1S/C45H31BIN2/c1-45(2)32-18-8-9-19-34(32)46-35-20-10-11-21-36(35)47-37-27-29(26-33(45)44(37)46)49-39-23-13-7-17-31(39)43-41(49)25-24-40-42(43)30-16-6-12-22-38(30)48(40)28-14-4-3-5-15-28/h3-27H,1-2H3/q-1. The number of nitrogens with zero attached hydrogens (tertiary/aromatic N) is 2. The maximum atomic E-state index is 2.56. The van der Waals surface area contributed by atoms with E-state index in [0.717, 1.165) is 0 Å². The molecule has 0 bridgehead atoms. The van der Waals surface area contributed by atoms with Crippen molar-refractivity contribution >= 4 is 66.7 Å². The van der Waals surface area contributed by atoms with Crippen LogP contribution >= 0.6 is 0 Å². The number of benzene rings is 7. The minimum absolute atomic E-state index is 0.113. The molecule has 0 atom stereocenters. The minimum atomic E-state index is -0.348. The number of aromatic nitrogens is 2. The first-order valence-electron chi connectivity index (χ1n) is 17.1. The molecular weight excluding hydrogens is 706 g/mol. The Balaban J connectivity index is 1.25. The molecule has 11 rings (SSSR count). The molecule has 2 aliphatic rings. The Morgan fingerprint density at radius 1 is 0.469 bits per heavy atom. The van der Waals surface area contributed by atoms with Crippen molar-refractivity contribution in [1.29, 1.82) is 0 Å². The molecule has 232 valence electrons. The zero-order chi connectivity index (χ0) is 32.4. The van der Waals surface area contributed by atoms with E-state index in [1.807, 2.05) is 0 Å². The van der Waals surface area contributed by atoms with Crippen molar-refractivity contribution in [3.05, 3.63) is 170 Å². The van der Waals surface area contributed by atoms with Crippen LogP contribution in [0.1, 0.15) is 25.0 Å². The van der Waals surface area contributed by atoms with Crippen molar-refractivity contribution in [2.75, 3.05) is 0 Å². The molecule has 2 nitrogen and oxygen atoms in total. The molecule has 9 aromatic rings. The third kappa shape index (κ3) is 3.67. The van der Waals surface area contributed by atoms with Gasteiger partial charge in [0.25, 0.3) is 0 Å². The van der Waals surface area contributed by atoms with Gasteiger partial charge >= 0.3 is 292 Å². The topological polar surface area (TPSA) is 9.86 Å². The summed E-state index contributed by atoms with van der Waals surface area (Å²) in [5.74, 6) is 0. The SMILES string of the molecule is CC1(C)c2ccccc2B2c3ccccc3[I-]c3cc(-n4c5ccccc5c5c6c7ccccc7n(-c7ccccc7)c6ccc54)cc1c32. The van der Waals surface area contributed by atoms with Crippen LogP contribution in [0.4, 0.5) is 0 Å². The van der Waals surface area contributed by atoms with Gasteiger partial charge in [0.15, 0.2) is 0 Å². The van der Waals surface area contributed by atoms with Gasteiger partial charge in [0.2, 0.25) is 0 Å². The van der Waals surface area contributed by atoms with Crippen LogP contribution in [0, 0.1) is 7.14 Å². The zero-order valence-corrected chi connectivity index (χ0v) is 29.4. The van der Waals surface area contributed by atoms with E-state index in [0.29, 0.717) is 0 Å². The normalized spacial score (nSPS) is 14.5. The predicted octanol–water partition coefficient (Wildman–Crippen LogP) is 5.48. The fourth-order valence-corrected chi connectivity index (χ4v) is 12.3. The van der Waals surface area contributed by atoms with Crippen LogP contribution in [0.5, 0.6) is 0 Å². The summed E-state index contributed by atoms with van der Waals surface area (Å²) in [6.45, 7) is 5.16. The number of hydrogen-bond donors (Lipinski definition) is 0. The van der Waals surface area contributed by atoms with Crippen LogP contribution in [0.3, 0.4) is 0 Å². The molecule has 0 radical (unpaired) electrons. The molecule has 0 amide bonds. The van der Waals surface area contributed by atoms with Gasteiger partial charge in [-0.1, -0.05) is 6.07 Å². The zero-order valence-electron chi connectivity index (χ0n) is 27.3. The van der Waals surface area contributed by atoms with E-state index in [1.54, 1.807) is 12.6 Å². The second-order valence-electron chi connectivity index (χ2n) is 14.0. The Morgan fingerprint density at radius 3 is 1.76 bits per heavy atom. The van der Waals surface area contributed by atoms with E-state index in [4.69, 9.17) is 0 Å². The molecule has 4 heterocycles. The van der Waals surface area contributed by atoms with Gasteiger partial charge < -0.3 is 0 Å². The second kappa shape index (κ2) is 9.99. The number of para-hydroxylation sites is 3. The molecule has 0 fully saturated rings. The van der Waals surface area contributed by atoms with Crippen molar-refractivity contribution in [2.24, 2.45) is 0 Å². The van der Waals surface area contributed by atoms with Crippen LogP contribution in [0.15, 0.2) is 152 Å². The van der Waals surface area contributed by atoms with Crippen molar-refractivity contribution in [2.45, 2.75) is 19.3 Å². The van der Waals surface area contributed by atoms with Crippen molar-refractivity contribution in [1.82, 2.24) is 9.13 Å². The van der Waals surface area contributed by atoms with Gasteiger partial charge in [-0.25, -0.2) is 0 Å². The third-order valence-corrected chi connectivity index (χ3v) is 14.2. The summed E-state index contributed by atoms with van der Waals surface area (Å²) in [6, 6.07) is 57.0. The third-order valence-electron chi connectivity index (χ3n) is 11.2. The van der Waals surface area contributed by atoms with Gasteiger partial charge in [0.05, 0.1) is 0 Å². The number of fused-ring (bicyclic) bond motifs is 11. The van der Waals surface area contributed by atoms with Crippen LogP contribution in [0.2, 0.25) is 0 Å². The monoisotopic (exact) mass is 737 g/mol. The number of halogens is 1. The van der Waals surface area contributed by atoms with Crippen molar-refractivity contribution < 1.29 is 21.2 Å². The predicted molar refractivity (Wildman–Crippen MR) is 202 cm³/mol. The Labute approximate surface area is 296 Å². The Kier molecular flexibility index (Phi) is 5.68. The Hall–Kier alpha value is -5.07. The van der Waals surface area contributed by atoms with Crippen LogP contribution < -0.4 is 37.6 Å². The molecule has 0 N–H and O–H groups in total. The van der Waals surface area contributed by atoms with Crippen LogP contribution in [-0.2, 0) is 5.41 Å². The molecule has 0 saturated carbocycles. The molecule has 0 unspecified atom stereocenters. The summed E-state index contributed by atoms with van der Waals surface area (Å²) in [6.07, 6.45) is 0. The van der Waals surface area contributed by atoms with Crippen LogP contribution in [-0.4, -0.2) is 15.8 Å². The molecule has 0 spiro atoms. The molecular formula is C45H31BIN2-. The van der Waals surface area contributed by atoms with E-state index in [9.17, 15) is 0 Å². The van der Waals surface area contributed by atoms with Gasteiger partial charge in [-0.05, 0) is 0 Å². The molecule has 2 aromatic heterocycles. The van der Waals surface area contributed by atoms with Crippen LogP contribution in [0.25, 0.3) is 55.0 Å². The van der Waals surface area contributed by atoms with E-state index in [2.05, 4.69) is 175 Å². The fourth-order valence-electron chi connectivity index (χ4n) is 9.12. The van der Waals surface area contributed by atoms with E-state index >= 15 is 0 Å². The molecule has 4 heteroatoms. The molecule has 49 heavy (non-hydrogen) atoms. The van der Waals surface area contributed by atoms with E-state index in [-0.39, 0.29) is 33.3 Å². The number of hydrogen-bond acceptors (Lipinski definition) is 0. The van der Waals surface area contributed by atoms with Gasteiger partial charge in [0.1, 0.15) is 0 Å². The molecule has 2 aliphatic heterocycles. The first-order chi connectivity index (χ1) is 24.1. The maximum absolute atomic E-state index is 2.56. The van der Waals surface area contributed by atoms with Gasteiger partial charge in [-0.3, -0.25) is 0 Å². The average Bonchev–Trinajstić information content (AvgIpc) is 3.66. The van der Waals surface area contributed by atoms with Gasteiger partial charge in [-0.15, -0.1) is 0 Å². The summed E-state index contributed by atoms with van der Waals surface area (Å²) in [5.41, 5.74) is 14.8.